The Kier molecular flexibility index (Phi) is 5.29. The largest absolute Gasteiger partial charge is 0.433 e. The van der Waals surface area contributed by atoms with Crippen LogP contribution in [0.1, 0.15) is 23.4 Å². The van der Waals surface area contributed by atoms with Crippen molar-refractivity contribution in [2.45, 2.75) is 18.3 Å². The minimum absolute atomic E-state index is 0.329. The number of pyridine rings is 2. The first-order valence-corrected chi connectivity index (χ1v) is 10.6. The minimum Gasteiger partial charge on any atom is -0.255 e. The number of alkyl halides is 3. The maximum absolute atomic E-state index is 13.0. The van der Waals surface area contributed by atoms with Crippen LogP contribution in [0.5, 0.6) is 0 Å². The summed E-state index contributed by atoms with van der Waals surface area (Å²) in [5, 5.41) is 1.48. The Balaban J connectivity index is 1.87. The van der Waals surface area contributed by atoms with Gasteiger partial charge in [0.15, 0.2) is 0 Å². The fourth-order valence-corrected chi connectivity index (χ4v) is 4.55. The molecule has 0 aromatic carbocycles. The summed E-state index contributed by atoms with van der Waals surface area (Å²) in [6.45, 7) is 1.64. The van der Waals surface area contributed by atoms with Crippen molar-refractivity contribution in [3.05, 3.63) is 59.4 Å². The van der Waals surface area contributed by atoms with Gasteiger partial charge in [-0.1, -0.05) is 12.1 Å². The Hall–Kier alpha value is -2.33. The Morgan fingerprint density at radius 2 is 1.93 bits per heavy atom. The molecule has 0 aliphatic heterocycles. The van der Waals surface area contributed by atoms with E-state index in [1.54, 1.807) is 30.6 Å². The molecule has 10 heteroatoms. The zero-order valence-corrected chi connectivity index (χ0v) is 16.0. The SMILES string of the molecule is CC(c1ccc(C(F)(F)F)nc1)S(C)(=O)=Nc1nc(-c2ccccn2)cs1. The highest BCUT2D eigenvalue weighted by atomic mass is 32.2. The van der Waals surface area contributed by atoms with Crippen LogP contribution in [0, 0.1) is 0 Å². The number of hydrogen-bond donors (Lipinski definition) is 0. The first-order chi connectivity index (χ1) is 12.7. The summed E-state index contributed by atoms with van der Waals surface area (Å²) in [6, 6.07) is 7.59. The van der Waals surface area contributed by atoms with Gasteiger partial charge in [0.05, 0.1) is 20.7 Å². The summed E-state index contributed by atoms with van der Waals surface area (Å²) < 4.78 is 55.2. The van der Waals surface area contributed by atoms with E-state index in [0.717, 1.165) is 12.3 Å². The molecule has 0 radical (unpaired) electrons. The Morgan fingerprint density at radius 1 is 1.15 bits per heavy atom. The van der Waals surface area contributed by atoms with E-state index >= 15 is 0 Å². The van der Waals surface area contributed by atoms with Crippen LogP contribution in [-0.4, -0.2) is 25.4 Å². The lowest BCUT2D eigenvalue weighted by Crippen LogP contribution is -2.11. The molecule has 0 saturated carbocycles. The predicted molar refractivity (Wildman–Crippen MR) is 99.2 cm³/mol. The van der Waals surface area contributed by atoms with Crippen molar-refractivity contribution in [1.29, 1.82) is 0 Å². The number of nitrogens with zero attached hydrogens (tertiary/aromatic N) is 4. The molecule has 5 nitrogen and oxygen atoms in total. The monoisotopic (exact) mass is 412 g/mol. The zero-order chi connectivity index (χ0) is 19.7. The molecule has 0 amide bonds. The standard InChI is InChI=1S/C17H15F3N4OS2/c1-11(12-6-7-15(22-9-12)17(18,19)20)27(2,25)24-16-23-14(10-26-16)13-5-3-4-8-21-13/h3-11H,1-2H3. The van der Waals surface area contributed by atoms with E-state index in [1.165, 1.54) is 23.7 Å². The van der Waals surface area contributed by atoms with Crippen LogP contribution in [0.3, 0.4) is 0 Å². The van der Waals surface area contributed by atoms with Crippen molar-refractivity contribution in [3.8, 4) is 11.4 Å². The van der Waals surface area contributed by atoms with Gasteiger partial charge in [-0.2, -0.15) is 17.5 Å². The van der Waals surface area contributed by atoms with Crippen molar-refractivity contribution >= 4 is 26.2 Å². The first-order valence-electron chi connectivity index (χ1n) is 7.78. The van der Waals surface area contributed by atoms with Crippen molar-refractivity contribution in [1.82, 2.24) is 15.0 Å². The minimum atomic E-state index is -4.51. The molecule has 0 saturated heterocycles. The van der Waals surface area contributed by atoms with Gasteiger partial charge in [0, 0.05) is 24.0 Å². The third-order valence-corrected chi connectivity index (χ3v) is 6.85. The number of halogens is 3. The van der Waals surface area contributed by atoms with E-state index in [9.17, 15) is 17.4 Å². The third kappa shape index (κ3) is 4.51. The molecule has 27 heavy (non-hydrogen) atoms. The lowest BCUT2D eigenvalue weighted by atomic mass is 10.2. The van der Waals surface area contributed by atoms with Crippen LogP contribution in [0.4, 0.5) is 18.3 Å². The van der Waals surface area contributed by atoms with Gasteiger partial charge in [-0.25, -0.2) is 9.19 Å². The zero-order valence-electron chi connectivity index (χ0n) is 14.3. The summed E-state index contributed by atoms with van der Waals surface area (Å²) in [5.41, 5.74) is 0.731. The van der Waals surface area contributed by atoms with Gasteiger partial charge in [-0.15, -0.1) is 11.3 Å². The summed E-state index contributed by atoms with van der Waals surface area (Å²) in [5.74, 6) is 0. The maximum atomic E-state index is 13.0. The van der Waals surface area contributed by atoms with Crippen molar-refractivity contribution in [2.24, 2.45) is 4.36 Å². The second-order valence-corrected chi connectivity index (χ2v) is 9.25. The van der Waals surface area contributed by atoms with Crippen LogP contribution < -0.4 is 0 Å². The summed E-state index contributed by atoms with van der Waals surface area (Å²) in [7, 11) is -2.80. The normalized spacial score (nSPS) is 15.1. The first kappa shape index (κ1) is 19.4. The van der Waals surface area contributed by atoms with Gasteiger partial charge < -0.3 is 0 Å². The van der Waals surface area contributed by atoms with E-state index in [-0.39, 0.29) is 0 Å². The van der Waals surface area contributed by atoms with Crippen molar-refractivity contribution in [2.75, 3.05) is 6.26 Å². The molecular formula is C17H15F3N4OS2. The smallest absolute Gasteiger partial charge is 0.255 e. The fraction of sp³-hybridized carbons (Fsp3) is 0.235. The Labute approximate surface area is 158 Å². The maximum Gasteiger partial charge on any atom is 0.433 e. The van der Waals surface area contributed by atoms with Gasteiger partial charge in [-0.05, 0) is 30.7 Å². The van der Waals surface area contributed by atoms with E-state index in [2.05, 4.69) is 19.3 Å². The Morgan fingerprint density at radius 3 is 2.52 bits per heavy atom. The molecule has 3 heterocycles. The summed E-state index contributed by atoms with van der Waals surface area (Å²) in [4.78, 5) is 12.0. The van der Waals surface area contributed by atoms with Crippen LogP contribution >= 0.6 is 11.3 Å². The van der Waals surface area contributed by atoms with Crippen molar-refractivity contribution < 1.29 is 17.4 Å². The highest BCUT2D eigenvalue weighted by Gasteiger charge is 2.32. The molecule has 0 aliphatic carbocycles. The summed E-state index contributed by atoms with van der Waals surface area (Å²) in [6.07, 6.45) is -0.318. The van der Waals surface area contributed by atoms with Crippen LogP contribution in [-0.2, 0) is 15.9 Å². The lowest BCUT2D eigenvalue weighted by molar-refractivity contribution is -0.141. The van der Waals surface area contributed by atoms with Crippen LogP contribution in [0.25, 0.3) is 11.4 Å². The van der Waals surface area contributed by atoms with Gasteiger partial charge in [0.2, 0.25) is 5.13 Å². The number of rotatable bonds is 4. The van der Waals surface area contributed by atoms with Crippen LogP contribution in [0.15, 0.2) is 52.5 Å². The molecular weight excluding hydrogens is 397 g/mol. The molecule has 0 aliphatic rings. The van der Waals surface area contributed by atoms with Crippen molar-refractivity contribution in [3.63, 3.8) is 0 Å². The Bertz CT molecular complexity index is 1040. The molecule has 3 aromatic heterocycles. The second kappa shape index (κ2) is 7.35. The topological polar surface area (TPSA) is 68.1 Å². The number of thiazole rings is 1. The van der Waals surface area contributed by atoms with E-state index in [4.69, 9.17) is 0 Å². The highest BCUT2D eigenvalue weighted by Crippen LogP contribution is 2.32. The molecule has 142 valence electrons. The average Bonchev–Trinajstić information content (AvgIpc) is 3.09. The number of aromatic nitrogens is 3. The highest BCUT2D eigenvalue weighted by molar-refractivity contribution is 7.93. The summed E-state index contributed by atoms with van der Waals surface area (Å²) >= 11 is 1.23. The average molecular weight is 412 g/mol. The third-order valence-electron chi connectivity index (χ3n) is 3.88. The van der Waals surface area contributed by atoms with Gasteiger partial charge in [0.25, 0.3) is 0 Å². The molecule has 2 unspecified atom stereocenters. The molecule has 0 spiro atoms. The van der Waals surface area contributed by atoms with Crippen LogP contribution in [0.2, 0.25) is 0 Å². The molecule has 3 aromatic rings. The second-order valence-electron chi connectivity index (χ2n) is 5.80. The van der Waals surface area contributed by atoms with Gasteiger partial charge >= 0.3 is 6.18 Å². The number of hydrogen-bond acceptors (Lipinski definition) is 6. The molecule has 3 rings (SSSR count). The van der Waals surface area contributed by atoms with E-state index in [1.807, 2.05) is 6.07 Å². The quantitative estimate of drug-likeness (QED) is 0.597. The van der Waals surface area contributed by atoms with E-state index in [0.29, 0.717) is 22.1 Å². The van der Waals surface area contributed by atoms with Gasteiger partial charge in [-0.3, -0.25) is 9.97 Å². The predicted octanol–water partition coefficient (Wildman–Crippen LogP) is 5.11. The van der Waals surface area contributed by atoms with E-state index < -0.39 is 26.8 Å². The lowest BCUT2D eigenvalue weighted by Gasteiger charge is -2.14. The molecule has 0 fully saturated rings. The molecule has 2 atom stereocenters. The molecule has 0 bridgehead atoms. The fourth-order valence-electron chi connectivity index (χ4n) is 2.24. The van der Waals surface area contributed by atoms with Gasteiger partial charge in [0.1, 0.15) is 11.4 Å². The molecule has 0 N–H and O–H groups in total.